The summed E-state index contributed by atoms with van der Waals surface area (Å²) in [5.41, 5.74) is 0.335. The van der Waals surface area contributed by atoms with E-state index < -0.39 is 5.97 Å². The van der Waals surface area contributed by atoms with Gasteiger partial charge >= 0.3 is 5.97 Å². The molecule has 1 N–H and O–H groups in total. The summed E-state index contributed by atoms with van der Waals surface area (Å²) in [5.74, 6) is -0.398. The van der Waals surface area contributed by atoms with E-state index in [1.54, 1.807) is 12.3 Å². The zero-order valence-corrected chi connectivity index (χ0v) is 11.9. The Balaban J connectivity index is 2.07. The molecule has 2 atom stereocenters. The summed E-state index contributed by atoms with van der Waals surface area (Å²) < 4.78 is 10.5. The Bertz CT molecular complexity index is 437. The third-order valence-corrected chi connectivity index (χ3v) is 3.68. The van der Waals surface area contributed by atoms with Crippen LogP contribution in [0.3, 0.4) is 0 Å². The molecule has 0 amide bonds. The minimum absolute atomic E-state index is 0.0169. The van der Waals surface area contributed by atoms with Gasteiger partial charge in [0, 0.05) is 18.5 Å². The van der Waals surface area contributed by atoms with E-state index in [-0.39, 0.29) is 18.8 Å². The third kappa shape index (κ3) is 3.43. The Labute approximate surface area is 116 Å². The first-order valence-electron chi connectivity index (χ1n) is 6.28. The molecule has 106 valence electrons. The Kier molecular flexibility index (Phi) is 4.73. The number of aromatic nitrogens is 1. The lowest BCUT2D eigenvalue weighted by Gasteiger charge is -2.35. The number of carbonyl (C=O) groups is 1. The van der Waals surface area contributed by atoms with Gasteiger partial charge in [-0.2, -0.15) is 0 Å². The lowest BCUT2D eigenvalue weighted by molar-refractivity contribution is -0.0421. The molecule has 0 aromatic carbocycles. The summed E-state index contributed by atoms with van der Waals surface area (Å²) in [6.07, 6.45) is -0.181. The Hall–Kier alpha value is -1.18. The molecule has 2 rings (SSSR count). The van der Waals surface area contributed by atoms with Crippen LogP contribution in [0, 0.1) is 0 Å². The number of esters is 1. The van der Waals surface area contributed by atoms with Crippen LogP contribution in [0.4, 0.5) is 5.13 Å². The van der Waals surface area contributed by atoms with Gasteiger partial charge in [-0.3, -0.25) is 0 Å². The van der Waals surface area contributed by atoms with Crippen molar-refractivity contribution in [3.63, 3.8) is 0 Å². The molecule has 19 heavy (non-hydrogen) atoms. The molecule has 1 aromatic rings. The summed E-state index contributed by atoms with van der Waals surface area (Å²) in [5, 5.41) is 11.7. The molecule has 2 heterocycles. The Morgan fingerprint density at radius 2 is 2.47 bits per heavy atom. The molecule has 0 spiro atoms. The molecular weight excluding hydrogens is 268 g/mol. The molecule has 1 aromatic heterocycles. The number of nitrogens with zero attached hydrogens (tertiary/aromatic N) is 2. The Morgan fingerprint density at radius 1 is 1.68 bits per heavy atom. The number of anilines is 1. The number of rotatable bonds is 4. The molecule has 2 unspecified atom stereocenters. The van der Waals surface area contributed by atoms with Crippen molar-refractivity contribution in [1.29, 1.82) is 0 Å². The molecule has 1 saturated heterocycles. The smallest absolute Gasteiger partial charge is 0.357 e. The van der Waals surface area contributed by atoms with Crippen LogP contribution in [0.1, 0.15) is 24.3 Å². The van der Waals surface area contributed by atoms with E-state index >= 15 is 0 Å². The summed E-state index contributed by atoms with van der Waals surface area (Å²) in [7, 11) is 0. The predicted molar refractivity (Wildman–Crippen MR) is 71.7 cm³/mol. The SMILES string of the molecule is CCOC(=O)c1csc(N2CC(C)OC(CO)C2)n1. The standard InChI is InChI=1S/C12H18N2O4S/c1-3-17-11(16)10-7-19-12(13-10)14-4-8(2)18-9(5-14)6-15/h7-9,15H,3-6H2,1-2H3. The highest BCUT2D eigenvalue weighted by Gasteiger charge is 2.27. The average Bonchev–Trinajstić information content (AvgIpc) is 2.88. The van der Waals surface area contributed by atoms with Gasteiger partial charge in [-0.15, -0.1) is 11.3 Å². The largest absolute Gasteiger partial charge is 0.461 e. The lowest BCUT2D eigenvalue weighted by atomic mass is 10.2. The van der Waals surface area contributed by atoms with Crippen molar-refractivity contribution in [3.05, 3.63) is 11.1 Å². The van der Waals surface area contributed by atoms with Gasteiger partial charge in [-0.1, -0.05) is 0 Å². The van der Waals surface area contributed by atoms with Gasteiger partial charge in [0.1, 0.15) is 0 Å². The van der Waals surface area contributed by atoms with Crippen LogP contribution in [0.5, 0.6) is 0 Å². The van der Waals surface area contributed by atoms with Crippen LogP contribution >= 0.6 is 11.3 Å². The van der Waals surface area contributed by atoms with Crippen molar-refractivity contribution in [1.82, 2.24) is 4.98 Å². The maximum absolute atomic E-state index is 11.6. The number of aliphatic hydroxyl groups excluding tert-OH is 1. The molecule has 1 aliphatic rings. The second-order valence-electron chi connectivity index (χ2n) is 4.39. The van der Waals surface area contributed by atoms with Crippen LogP contribution in [0.15, 0.2) is 5.38 Å². The molecule has 0 radical (unpaired) electrons. The number of hydrogen-bond acceptors (Lipinski definition) is 7. The van der Waals surface area contributed by atoms with Gasteiger partial charge < -0.3 is 19.5 Å². The summed E-state index contributed by atoms with van der Waals surface area (Å²) >= 11 is 1.40. The molecule has 6 nitrogen and oxygen atoms in total. The summed E-state index contributed by atoms with van der Waals surface area (Å²) in [6, 6.07) is 0. The summed E-state index contributed by atoms with van der Waals surface area (Å²) in [6.45, 7) is 5.32. The minimum Gasteiger partial charge on any atom is -0.461 e. The molecule has 1 aliphatic heterocycles. The van der Waals surface area contributed by atoms with Gasteiger partial charge in [0.2, 0.25) is 0 Å². The zero-order valence-electron chi connectivity index (χ0n) is 11.0. The first-order chi connectivity index (χ1) is 9.13. The quantitative estimate of drug-likeness (QED) is 0.829. The first kappa shape index (κ1) is 14.2. The van der Waals surface area contributed by atoms with Crippen molar-refractivity contribution < 1.29 is 19.4 Å². The number of hydrogen-bond donors (Lipinski definition) is 1. The van der Waals surface area contributed by atoms with Crippen LogP contribution in [0.2, 0.25) is 0 Å². The van der Waals surface area contributed by atoms with E-state index in [0.29, 0.717) is 25.4 Å². The van der Waals surface area contributed by atoms with Crippen molar-refractivity contribution in [2.24, 2.45) is 0 Å². The fourth-order valence-electron chi connectivity index (χ4n) is 2.01. The fraction of sp³-hybridized carbons (Fsp3) is 0.667. The molecule has 7 heteroatoms. The van der Waals surface area contributed by atoms with E-state index in [0.717, 1.165) is 5.13 Å². The average molecular weight is 286 g/mol. The second kappa shape index (κ2) is 6.31. The van der Waals surface area contributed by atoms with Crippen LogP contribution in [-0.4, -0.2) is 54.6 Å². The molecule has 0 saturated carbocycles. The Morgan fingerprint density at radius 3 is 3.16 bits per heavy atom. The maximum atomic E-state index is 11.6. The van der Waals surface area contributed by atoms with Crippen molar-refractivity contribution in [3.8, 4) is 0 Å². The number of carbonyl (C=O) groups excluding carboxylic acids is 1. The van der Waals surface area contributed by atoms with Gasteiger partial charge in [0.15, 0.2) is 10.8 Å². The molecule has 1 fully saturated rings. The fourth-order valence-corrected chi connectivity index (χ4v) is 2.83. The number of morpholine rings is 1. The number of ether oxygens (including phenoxy) is 2. The molecule has 0 bridgehead atoms. The van der Waals surface area contributed by atoms with E-state index in [4.69, 9.17) is 9.47 Å². The highest BCUT2D eigenvalue weighted by atomic mass is 32.1. The monoisotopic (exact) mass is 286 g/mol. The van der Waals surface area contributed by atoms with Gasteiger partial charge in [-0.05, 0) is 13.8 Å². The molecular formula is C12H18N2O4S. The number of aliphatic hydroxyl groups is 1. The summed E-state index contributed by atoms with van der Waals surface area (Å²) in [4.78, 5) is 17.9. The van der Waals surface area contributed by atoms with Crippen LogP contribution < -0.4 is 4.90 Å². The van der Waals surface area contributed by atoms with Gasteiger partial charge in [0.05, 0.1) is 25.4 Å². The van der Waals surface area contributed by atoms with Crippen molar-refractivity contribution in [2.75, 3.05) is 31.2 Å². The van der Waals surface area contributed by atoms with Crippen molar-refractivity contribution >= 4 is 22.4 Å². The van der Waals surface area contributed by atoms with E-state index in [1.807, 2.05) is 11.8 Å². The third-order valence-electron chi connectivity index (χ3n) is 2.78. The van der Waals surface area contributed by atoms with Crippen molar-refractivity contribution in [2.45, 2.75) is 26.1 Å². The first-order valence-corrected chi connectivity index (χ1v) is 7.16. The topological polar surface area (TPSA) is 71.9 Å². The van der Waals surface area contributed by atoms with Crippen LogP contribution in [-0.2, 0) is 9.47 Å². The van der Waals surface area contributed by atoms with E-state index in [2.05, 4.69) is 4.98 Å². The second-order valence-corrected chi connectivity index (χ2v) is 5.23. The molecule has 0 aliphatic carbocycles. The van der Waals surface area contributed by atoms with E-state index in [9.17, 15) is 9.90 Å². The lowest BCUT2D eigenvalue weighted by Crippen LogP contribution is -2.48. The van der Waals surface area contributed by atoms with Gasteiger partial charge in [-0.25, -0.2) is 9.78 Å². The highest BCUT2D eigenvalue weighted by molar-refractivity contribution is 7.13. The highest BCUT2D eigenvalue weighted by Crippen LogP contribution is 2.24. The van der Waals surface area contributed by atoms with E-state index in [1.165, 1.54) is 11.3 Å². The predicted octanol–water partition coefficient (Wildman–Crippen LogP) is 0.906. The maximum Gasteiger partial charge on any atom is 0.357 e. The van der Waals surface area contributed by atoms with Gasteiger partial charge in [0.25, 0.3) is 0 Å². The minimum atomic E-state index is -0.398. The number of thiazole rings is 1. The van der Waals surface area contributed by atoms with Crippen LogP contribution in [0.25, 0.3) is 0 Å². The normalized spacial score (nSPS) is 23.4. The zero-order chi connectivity index (χ0) is 13.8.